The van der Waals surface area contributed by atoms with Gasteiger partial charge in [-0.1, -0.05) is 60.9 Å². The number of urea groups is 1. The number of benzene rings is 1. The van der Waals surface area contributed by atoms with E-state index >= 15 is 0 Å². The molecule has 1 saturated carbocycles. The molecule has 0 bridgehead atoms. The van der Waals surface area contributed by atoms with Crippen molar-refractivity contribution < 1.29 is 27.9 Å². The second kappa shape index (κ2) is 11.3. The van der Waals surface area contributed by atoms with Gasteiger partial charge in [-0.05, 0) is 32.3 Å². The van der Waals surface area contributed by atoms with Crippen molar-refractivity contribution in [3.63, 3.8) is 0 Å². The van der Waals surface area contributed by atoms with Crippen LogP contribution in [0.4, 0.5) is 9.93 Å². The van der Waals surface area contributed by atoms with E-state index in [2.05, 4.69) is 10.3 Å². The van der Waals surface area contributed by atoms with Crippen LogP contribution in [0.5, 0.6) is 0 Å². The monoisotopic (exact) mass is 509 g/mol. The van der Waals surface area contributed by atoms with E-state index < -0.39 is 20.6 Å². The number of carboxylic acids is 1. The Bertz CT molecular complexity index is 1080. The number of sulfone groups is 1. The maximum absolute atomic E-state index is 13.1. The summed E-state index contributed by atoms with van der Waals surface area (Å²) >= 11 is 0.750. The Morgan fingerprint density at radius 1 is 1.21 bits per heavy atom. The molecule has 11 heteroatoms. The van der Waals surface area contributed by atoms with Crippen molar-refractivity contribution in [1.82, 2.24) is 9.88 Å². The number of hydrogen-bond acceptors (Lipinski definition) is 7. The molecule has 0 saturated heterocycles. The number of carbonyl (C=O) groups is 2. The van der Waals surface area contributed by atoms with Crippen LogP contribution in [0.15, 0.2) is 40.7 Å². The third-order valence-electron chi connectivity index (χ3n) is 6.01. The van der Waals surface area contributed by atoms with Gasteiger partial charge in [0.2, 0.25) is 9.84 Å². The maximum Gasteiger partial charge on any atom is 0.324 e. The SMILES string of the molecule is CC(C)(C(=O)O)S(=O)(=O)c1cnc(NC(=O)N(CCOCc2ccccc2)C2CCCCC2)s1. The zero-order chi connectivity index (χ0) is 24.8. The molecular formula is C23H31N3O6S2. The molecule has 2 aromatic rings. The average molecular weight is 510 g/mol. The van der Waals surface area contributed by atoms with Gasteiger partial charge >= 0.3 is 12.0 Å². The minimum absolute atomic E-state index is 0.0724. The number of amides is 2. The summed E-state index contributed by atoms with van der Waals surface area (Å²) < 4.78 is 29.0. The van der Waals surface area contributed by atoms with Crippen molar-refractivity contribution >= 4 is 38.3 Å². The van der Waals surface area contributed by atoms with Crippen LogP contribution >= 0.6 is 11.3 Å². The van der Waals surface area contributed by atoms with Gasteiger partial charge in [-0.25, -0.2) is 18.2 Å². The summed E-state index contributed by atoms with van der Waals surface area (Å²) in [4.78, 5) is 30.3. The average Bonchev–Trinajstić information content (AvgIpc) is 3.29. The summed E-state index contributed by atoms with van der Waals surface area (Å²) in [5.74, 6) is -1.45. The Morgan fingerprint density at radius 3 is 2.53 bits per heavy atom. The number of anilines is 1. The lowest BCUT2D eigenvalue weighted by molar-refractivity contribution is -0.139. The maximum atomic E-state index is 13.1. The molecular weight excluding hydrogens is 478 g/mol. The van der Waals surface area contributed by atoms with Crippen LogP contribution in [0.3, 0.4) is 0 Å². The van der Waals surface area contributed by atoms with Gasteiger partial charge in [0.05, 0.1) is 19.4 Å². The quantitative estimate of drug-likeness (QED) is 0.461. The number of aromatic nitrogens is 1. The zero-order valence-corrected chi connectivity index (χ0v) is 21.0. The van der Waals surface area contributed by atoms with E-state index in [1.54, 1.807) is 4.90 Å². The first-order valence-corrected chi connectivity index (χ1v) is 13.6. The molecule has 2 N–H and O–H groups in total. The molecule has 0 atom stereocenters. The summed E-state index contributed by atoms with van der Waals surface area (Å²) in [5.41, 5.74) is 1.05. The molecule has 1 aliphatic rings. The Balaban J connectivity index is 1.66. The number of carbonyl (C=O) groups excluding carboxylic acids is 1. The molecule has 186 valence electrons. The highest BCUT2D eigenvalue weighted by Gasteiger charge is 2.44. The van der Waals surface area contributed by atoms with Crippen LogP contribution in [-0.2, 0) is 26.0 Å². The molecule has 0 aliphatic heterocycles. The number of hydrogen-bond donors (Lipinski definition) is 2. The zero-order valence-electron chi connectivity index (χ0n) is 19.4. The third-order valence-corrected chi connectivity index (χ3v) is 9.78. The van der Waals surface area contributed by atoms with Gasteiger partial charge in [-0.2, -0.15) is 0 Å². The van der Waals surface area contributed by atoms with Crippen molar-refractivity contribution in [2.45, 2.75) is 67.6 Å². The number of rotatable bonds is 10. The molecule has 0 spiro atoms. The smallest absolute Gasteiger partial charge is 0.324 e. The Labute approximate surface area is 204 Å². The van der Waals surface area contributed by atoms with E-state index in [4.69, 9.17) is 4.74 Å². The number of nitrogens with zero attached hydrogens (tertiary/aromatic N) is 2. The predicted molar refractivity (Wildman–Crippen MR) is 130 cm³/mol. The van der Waals surface area contributed by atoms with Crippen molar-refractivity contribution in [2.75, 3.05) is 18.5 Å². The predicted octanol–water partition coefficient (Wildman–Crippen LogP) is 4.16. The first kappa shape index (κ1) is 26.1. The van der Waals surface area contributed by atoms with Crippen LogP contribution in [-0.4, -0.2) is 59.3 Å². The summed E-state index contributed by atoms with van der Waals surface area (Å²) in [6.07, 6.45) is 6.12. The summed E-state index contributed by atoms with van der Waals surface area (Å²) in [6, 6.07) is 9.49. The lowest BCUT2D eigenvalue weighted by Crippen LogP contribution is -2.45. The Hall–Kier alpha value is -2.50. The fraction of sp³-hybridized carbons (Fsp3) is 0.522. The van der Waals surface area contributed by atoms with Gasteiger partial charge in [-0.15, -0.1) is 0 Å². The Morgan fingerprint density at radius 2 is 1.88 bits per heavy atom. The van der Waals surface area contributed by atoms with E-state index in [1.807, 2.05) is 30.3 Å². The number of thiazole rings is 1. The molecule has 1 fully saturated rings. The number of ether oxygens (including phenoxy) is 1. The normalized spacial score (nSPS) is 15.1. The number of nitrogens with one attached hydrogen (secondary N) is 1. The van der Waals surface area contributed by atoms with E-state index in [0.717, 1.165) is 69.0 Å². The van der Waals surface area contributed by atoms with Crippen LogP contribution < -0.4 is 5.32 Å². The van der Waals surface area contributed by atoms with E-state index in [-0.39, 0.29) is 21.4 Å². The first-order chi connectivity index (χ1) is 16.1. The van der Waals surface area contributed by atoms with Gasteiger partial charge in [-0.3, -0.25) is 10.1 Å². The standard InChI is InChI=1S/C23H31N3O6S2/c1-23(2,20(27)28)34(30,31)19-15-24-21(33-19)25-22(29)26(18-11-7-4-8-12-18)13-14-32-16-17-9-5-3-6-10-17/h3,5-6,9-10,15,18H,4,7-8,11-14,16H2,1-2H3,(H,27,28)(H,24,25,29). The molecule has 34 heavy (non-hydrogen) atoms. The van der Waals surface area contributed by atoms with Crippen LogP contribution in [0.25, 0.3) is 0 Å². The van der Waals surface area contributed by atoms with Crippen molar-refractivity contribution in [2.24, 2.45) is 0 Å². The molecule has 1 heterocycles. The fourth-order valence-corrected chi connectivity index (χ4v) is 6.51. The molecule has 1 aromatic carbocycles. The highest BCUT2D eigenvalue weighted by atomic mass is 32.2. The van der Waals surface area contributed by atoms with Crippen molar-refractivity contribution in [1.29, 1.82) is 0 Å². The van der Waals surface area contributed by atoms with Crippen LogP contribution in [0.2, 0.25) is 0 Å². The Kier molecular flexibility index (Phi) is 8.67. The molecule has 3 rings (SSSR count). The minimum atomic E-state index is -4.17. The molecule has 1 aliphatic carbocycles. The molecule has 0 radical (unpaired) electrons. The van der Waals surface area contributed by atoms with Gasteiger partial charge in [0.15, 0.2) is 9.88 Å². The van der Waals surface area contributed by atoms with Gasteiger partial charge in [0.1, 0.15) is 4.21 Å². The highest BCUT2D eigenvalue weighted by Crippen LogP contribution is 2.32. The van der Waals surface area contributed by atoms with Crippen molar-refractivity contribution in [3.8, 4) is 0 Å². The molecule has 1 aromatic heterocycles. The van der Waals surface area contributed by atoms with E-state index in [1.165, 1.54) is 0 Å². The highest BCUT2D eigenvalue weighted by molar-refractivity contribution is 7.95. The summed E-state index contributed by atoms with van der Waals surface area (Å²) in [6.45, 7) is 3.47. The second-order valence-corrected chi connectivity index (χ2v) is 12.5. The third kappa shape index (κ3) is 6.13. The number of carboxylic acid groups (broad SMARTS) is 1. The first-order valence-electron chi connectivity index (χ1n) is 11.3. The van der Waals surface area contributed by atoms with Gasteiger partial charge in [0, 0.05) is 12.6 Å². The minimum Gasteiger partial charge on any atom is -0.480 e. The lowest BCUT2D eigenvalue weighted by atomic mass is 9.94. The lowest BCUT2D eigenvalue weighted by Gasteiger charge is -2.34. The van der Waals surface area contributed by atoms with E-state index in [0.29, 0.717) is 19.8 Å². The van der Waals surface area contributed by atoms with Crippen LogP contribution in [0.1, 0.15) is 51.5 Å². The molecule has 0 unspecified atom stereocenters. The molecule has 9 nitrogen and oxygen atoms in total. The molecule has 2 amide bonds. The summed E-state index contributed by atoms with van der Waals surface area (Å²) in [7, 11) is -4.17. The van der Waals surface area contributed by atoms with Crippen LogP contribution in [0, 0.1) is 0 Å². The topological polar surface area (TPSA) is 126 Å². The fourth-order valence-electron chi connectivity index (χ4n) is 3.74. The van der Waals surface area contributed by atoms with Gasteiger partial charge < -0.3 is 14.7 Å². The van der Waals surface area contributed by atoms with Crippen molar-refractivity contribution in [3.05, 3.63) is 42.1 Å². The largest absolute Gasteiger partial charge is 0.480 e. The number of aliphatic carboxylic acids is 1. The van der Waals surface area contributed by atoms with E-state index in [9.17, 15) is 23.1 Å². The van der Waals surface area contributed by atoms with Gasteiger partial charge in [0.25, 0.3) is 0 Å². The summed E-state index contributed by atoms with van der Waals surface area (Å²) in [5, 5.41) is 12.1. The second-order valence-electron chi connectivity index (χ2n) is 8.76.